The van der Waals surface area contributed by atoms with Gasteiger partial charge in [-0.05, 0) is 45.8 Å². The van der Waals surface area contributed by atoms with E-state index in [1.165, 1.54) is 5.56 Å². The van der Waals surface area contributed by atoms with E-state index >= 15 is 0 Å². The van der Waals surface area contributed by atoms with Gasteiger partial charge in [0.2, 0.25) is 0 Å². The van der Waals surface area contributed by atoms with Crippen LogP contribution in [-0.4, -0.2) is 36.6 Å². The number of carbonyl (C=O) groups excluding carboxylic acids is 1. The molecule has 1 fully saturated rings. The minimum atomic E-state index is -0.0414. The minimum absolute atomic E-state index is 0.00704. The number of carbonyl (C=O) groups is 1. The van der Waals surface area contributed by atoms with Crippen molar-refractivity contribution in [2.45, 2.75) is 38.8 Å². The fraction of sp³-hybridized carbons (Fsp3) is 0.562. The highest BCUT2D eigenvalue weighted by Crippen LogP contribution is 2.27. The second-order valence-electron chi connectivity index (χ2n) is 5.62. The fourth-order valence-corrected chi connectivity index (χ4v) is 2.76. The predicted molar refractivity (Wildman–Crippen MR) is 75.9 cm³/mol. The van der Waals surface area contributed by atoms with E-state index in [1.807, 2.05) is 32.0 Å². The topological polar surface area (TPSA) is 29.5 Å². The van der Waals surface area contributed by atoms with Gasteiger partial charge in [-0.25, -0.2) is 0 Å². The fourth-order valence-electron chi connectivity index (χ4n) is 2.76. The summed E-state index contributed by atoms with van der Waals surface area (Å²) >= 11 is 0. The number of likely N-dealkylation sites (tertiary alicyclic amines) is 1. The molecule has 2 unspecified atom stereocenters. The van der Waals surface area contributed by atoms with Crippen LogP contribution < -0.4 is 0 Å². The maximum Gasteiger partial charge on any atom is 0.310 e. The zero-order valence-corrected chi connectivity index (χ0v) is 12.0. The third kappa shape index (κ3) is 3.57. The van der Waals surface area contributed by atoms with Crippen LogP contribution in [0, 0.1) is 5.92 Å². The Kier molecular flexibility index (Phi) is 4.59. The van der Waals surface area contributed by atoms with Crippen LogP contribution in [0.2, 0.25) is 0 Å². The molecule has 1 aromatic carbocycles. The molecule has 1 aliphatic rings. The maximum absolute atomic E-state index is 12.2. The first kappa shape index (κ1) is 14.1. The molecule has 19 heavy (non-hydrogen) atoms. The molecule has 0 N–H and O–H groups in total. The molecule has 0 spiro atoms. The molecule has 104 valence electrons. The Bertz CT molecular complexity index is 416. The van der Waals surface area contributed by atoms with Gasteiger partial charge in [-0.1, -0.05) is 30.3 Å². The number of likely N-dealkylation sites (N-methyl/N-ethyl adjacent to an activating group) is 1. The standard InChI is InChI=1S/C16H23NO2/c1-12(2)19-16(18)14-9-10-17(3)15(14)11-13-7-5-4-6-8-13/h4-8,12,14-15H,9-11H2,1-3H3. The highest BCUT2D eigenvalue weighted by Gasteiger charge is 2.37. The normalized spacial score (nSPS) is 23.8. The molecule has 0 saturated carbocycles. The van der Waals surface area contributed by atoms with Gasteiger partial charge in [0.1, 0.15) is 0 Å². The summed E-state index contributed by atoms with van der Waals surface area (Å²) in [5, 5.41) is 0. The van der Waals surface area contributed by atoms with Gasteiger partial charge in [0, 0.05) is 6.04 Å². The third-order valence-corrected chi connectivity index (χ3v) is 3.77. The average Bonchev–Trinajstić information content (AvgIpc) is 2.72. The molecular formula is C16H23NO2. The number of benzene rings is 1. The molecule has 0 aliphatic carbocycles. The Balaban J connectivity index is 2.05. The summed E-state index contributed by atoms with van der Waals surface area (Å²) in [5.74, 6) is -0.0344. The molecule has 3 heteroatoms. The van der Waals surface area contributed by atoms with Crippen molar-refractivity contribution >= 4 is 5.97 Å². The lowest BCUT2D eigenvalue weighted by molar-refractivity contribution is -0.153. The Morgan fingerprint density at radius 3 is 2.68 bits per heavy atom. The van der Waals surface area contributed by atoms with Crippen molar-refractivity contribution in [1.82, 2.24) is 4.90 Å². The summed E-state index contributed by atoms with van der Waals surface area (Å²) in [6.07, 6.45) is 1.78. The Morgan fingerprint density at radius 1 is 1.37 bits per heavy atom. The summed E-state index contributed by atoms with van der Waals surface area (Å²) in [6, 6.07) is 10.6. The predicted octanol–water partition coefficient (Wildman–Crippen LogP) is 2.50. The van der Waals surface area contributed by atoms with E-state index in [-0.39, 0.29) is 24.0 Å². The van der Waals surface area contributed by atoms with E-state index in [2.05, 4.69) is 24.1 Å². The van der Waals surface area contributed by atoms with Crippen molar-refractivity contribution in [3.63, 3.8) is 0 Å². The van der Waals surface area contributed by atoms with Gasteiger partial charge < -0.3 is 9.64 Å². The lowest BCUT2D eigenvalue weighted by Crippen LogP contribution is -2.36. The van der Waals surface area contributed by atoms with Crippen molar-refractivity contribution in [1.29, 1.82) is 0 Å². The van der Waals surface area contributed by atoms with Crippen LogP contribution in [0.1, 0.15) is 25.8 Å². The Hall–Kier alpha value is -1.35. The van der Waals surface area contributed by atoms with E-state index in [9.17, 15) is 4.79 Å². The molecule has 0 amide bonds. The maximum atomic E-state index is 12.2. The highest BCUT2D eigenvalue weighted by atomic mass is 16.5. The van der Waals surface area contributed by atoms with Gasteiger partial charge in [-0.2, -0.15) is 0 Å². The molecule has 1 aliphatic heterocycles. The van der Waals surface area contributed by atoms with Crippen LogP contribution in [0.25, 0.3) is 0 Å². The van der Waals surface area contributed by atoms with Gasteiger partial charge >= 0.3 is 5.97 Å². The van der Waals surface area contributed by atoms with Crippen molar-refractivity contribution in [3.05, 3.63) is 35.9 Å². The van der Waals surface area contributed by atoms with Crippen molar-refractivity contribution in [2.75, 3.05) is 13.6 Å². The van der Waals surface area contributed by atoms with Crippen molar-refractivity contribution < 1.29 is 9.53 Å². The second-order valence-corrected chi connectivity index (χ2v) is 5.62. The third-order valence-electron chi connectivity index (χ3n) is 3.77. The molecule has 1 aromatic rings. The first-order chi connectivity index (χ1) is 9.08. The summed E-state index contributed by atoms with van der Waals surface area (Å²) in [6.45, 7) is 4.78. The molecule has 0 aromatic heterocycles. The zero-order valence-electron chi connectivity index (χ0n) is 12.0. The number of rotatable bonds is 4. The summed E-state index contributed by atoms with van der Waals surface area (Å²) in [4.78, 5) is 14.4. The minimum Gasteiger partial charge on any atom is -0.463 e. The van der Waals surface area contributed by atoms with Crippen LogP contribution in [0.4, 0.5) is 0 Å². The average molecular weight is 261 g/mol. The zero-order chi connectivity index (χ0) is 13.8. The Labute approximate surface area is 115 Å². The molecule has 1 heterocycles. The number of hydrogen-bond acceptors (Lipinski definition) is 3. The van der Waals surface area contributed by atoms with E-state index in [0.717, 1.165) is 19.4 Å². The van der Waals surface area contributed by atoms with E-state index in [4.69, 9.17) is 4.74 Å². The monoisotopic (exact) mass is 261 g/mol. The molecule has 2 rings (SSSR count). The number of esters is 1. The molecule has 1 saturated heterocycles. The SMILES string of the molecule is CC(C)OC(=O)C1CCN(C)C1Cc1ccccc1. The molecule has 0 bridgehead atoms. The van der Waals surface area contributed by atoms with Gasteiger partial charge in [0.05, 0.1) is 12.0 Å². The highest BCUT2D eigenvalue weighted by molar-refractivity contribution is 5.74. The Morgan fingerprint density at radius 2 is 2.05 bits per heavy atom. The van der Waals surface area contributed by atoms with Gasteiger partial charge in [0.25, 0.3) is 0 Å². The smallest absolute Gasteiger partial charge is 0.310 e. The summed E-state index contributed by atoms with van der Waals surface area (Å²) < 4.78 is 5.38. The van der Waals surface area contributed by atoms with Crippen LogP contribution >= 0.6 is 0 Å². The van der Waals surface area contributed by atoms with Crippen LogP contribution in [0.3, 0.4) is 0 Å². The number of nitrogens with zero attached hydrogens (tertiary/aromatic N) is 1. The van der Waals surface area contributed by atoms with E-state index < -0.39 is 0 Å². The quantitative estimate of drug-likeness (QED) is 0.780. The first-order valence-corrected chi connectivity index (χ1v) is 7.02. The van der Waals surface area contributed by atoms with Crippen molar-refractivity contribution in [3.8, 4) is 0 Å². The number of hydrogen-bond donors (Lipinski definition) is 0. The van der Waals surface area contributed by atoms with E-state index in [1.54, 1.807) is 0 Å². The van der Waals surface area contributed by atoms with Crippen LogP contribution in [-0.2, 0) is 16.0 Å². The summed E-state index contributed by atoms with van der Waals surface area (Å²) in [7, 11) is 2.09. The first-order valence-electron chi connectivity index (χ1n) is 7.02. The second kappa shape index (κ2) is 6.20. The lowest BCUT2D eigenvalue weighted by atomic mass is 9.94. The van der Waals surface area contributed by atoms with Gasteiger partial charge in [-0.3, -0.25) is 4.79 Å². The van der Waals surface area contributed by atoms with Crippen LogP contribution in [0.5, 0.6) is 0 Å². The van der Waals surface area contributed by atoms with Gasteiger partial charge in [-0.15, -0.1) is 0 Å². The van der Waals surface area contributed by atoms with E-state index in [0.29, 0.717) is 0 Å². The molecule has 0 radical (unpaired) electrons. The lowest BCUT2D eigenvalue weighted by Gasteiger charge is -2.24. The largest absolute Gasteiger partial charge is 0.463 e. The molecule has 2 atom stereocenters. The van der Waals surface area contributed by atoms with Gasteiger partial charge in [0.15, 0.2) is 0 Å². The van der Waals surface area contributed by atoms with Crippen molar-refractivity contribution in [2.24, 2.45) is 5.92 Å². The molecule has 3 nitrogen and oxygen atoms in total. The molecular weight excluding hydrogens is 238 g/mol. The summed E-state index contributed by atoms with van der Waals surface area (Å²) in [5.41, 5.74) is 1.28. The number of ether oxygens (including phenoxy) is 1. The van der Waals surface area contributed by atoms with Crippen LogP contribution in [0.15, 0.2) is 30.3 Å².